The van der Waals surface area contributed by atoms with Crippen molar-refractivity contribution >= 4 is 0 Å². The molecule has 1 saturated heterocycles. The summed E-state index contributed by atoms with van der Waals surface area (Å²) in [4.78, 5) is 1.65. The maximum atomic E-state index is 12.0. The molecule has 1 fully saturated rings. The zero-order chi connectivity index (χ0) is 10.8. The smallest absolute Gasteiger partial charge is 0.382 e. The van der Waals surface area contributed by atoms with Gasteiger partial charge in [-0.2, -0.15) is 13.2 Å². The summed E-state index contributed by atoms with van der Waals surface area (Å²) in [6, 6.07) is 0.0424. The van der Waals surface area contributed by atoms with Crippen LogP contribution in [0.3, 0.4) is 0 Å². The number of piperazine rings is 1. The molecule has 0 saturated carbocycles. The minimum Gasteiger partial charge on any atom is -0.382 e. The zero-order valence-corrected chi connectivity index (χ0v) is 8.01. The first-order valence-corrected chi connectivity index (χ1v) is 4.61. The summed E-state index contributed by atoms with van der Waals surface area (Å²) in [7, 11) is 0. The van der Waals surface area contributed by atoms with Crippen molar-refractivity contribution in [3.8, 4) is 0 Å². The first kappa shape index (κ1) is 11.7. The molecule has 0 aromatic rings. The van der Waals surface area contributed by atoms with Crippen LogP contribution in [0, 0.1) is 0 Å². The highest BCUT2D eigenvalue weighted by Gasteiger charge is 2.39. The first-order chi connectivity index (χ1) is 6.41. The number of halogens is 3. The van der Waals surface area contributed by atoms with Crippen LogP contribution in [0.25, 0.3) is 0 Å². The third-order valence-corrected chi connectivity index (χ3v) is 2.42. The fourth-order valence-electron chi connectivity index (χ4n) is 1.48. The van der Waals surface area contributed by atoms with Gasteiger partial charge in [0, 0.05) is 32.2 Å². The van der Waals surface area contributed by atoms with E-state index in [4.69, 9.17) is 5.11 Å². The van der Waals surface area contributed by atoms with E-state index in [9.17, 15) is 13.2 Å². The van der Waals surface area contributed by atoms with Gasteiger partial charge in [0.1, 0.15) is 0 Å². The van der Waals surface area contributed by atoms with Crippen molar-refractivity contribution in [1.82, 2.24) is 10.2 Å². The summed E-state index contributed by atoms with van der Waals surface area (Å²) in [5.74, 6) is 0. The number of hydrogen-bond acceptors (Lipinski definition) is 3. The van der Waals surface area contributed by atoms with Crippen molar-refractivity contribution < 1.29 is 18.3 Å². The number of aliphatic hydroxyl groups is 1. The molecule has 1 aliphatic rings. The molecule has 0 spiro atoms. The minimum atomic E-state index is -4.51. The second-order valence-electron chi connectivity index (χ2n) is 3.61. The number of aliphatic hydroxyl groups excluding tert-OH is 1. The van der Waals surface area contributed by atoms with Crippen LogP contribution in [0.15, 0.2) is 0 Å². The van der Waals surface area contributed by atoms with E-state index < -0.39 is 12.3 Å². The van der Waals surface area contributed by atoms with Gasteiger partial charge in [0.15, 0.2) is 6.10 Å². The molecular formula is C8H15F3N2O. The minimum absolute atomic E-state index is 0.0424. The van der Waals surface area contributed by atoms with E-state index >= 15 is 0 Å². The second-order valence-corrected chi connectivity index (χ2v) is 3.61. The van der Waals surface area contributed by atoms with E-state index in [1.165, 1.54) is 0 Å². The molecule has 0 bridgehead atoms. The van der Waals surface area contributed by atoms with E-state index in [0.29, 0.717) is 19.6 Å². The van der Waals surface area contributed by atoms with Gasteiger partial charge in [-0.15, -0.1) is 0 Å². The van der Waals surface area contributed by atoms with Crippen LogP contribution in [0.2, 0.25) is 0 Å². The van der Waals surface area contributed by atoms with Gasteiger partial charge in [-0.3, -0.25) is 4.90 Å². The van der Waals surface area contributed by atoms with Gasteiger partial charge in [-0.1, -0.05) is 0 Å². The second kappa shape index (κ2) is 4.46. The maximum absolute atomic E-state index is 12.0. The van der Waals surface area contributed by atoms with E-state index in [-0.39, 0.29) is 12.6 Å². The number of nitrogens with one attached hydrogen (secondary N) is 1. The molecule has 0 radical (unpaired) electrons. The number of alkyl halides is 3. The van der Waals surface area contributed by atoms with Crippen LogP contribution >= 0.6 is 0 Å². The molecule has 84 valence electrons. The molecule has 0 aliphatic carbocycles. The summed E-state index contributed by atoms with van der Waals surface area (Å²) in [6.45, 7) is 3.41. The lowest BCUT2D eigenvalue weighted by Gasteiger charge is -2.35. The molecule has 1 aliphatic heterocycles. The van der Waals surface area contributed by atoms with Gasteiger partial charge in [0.25, 0.3) is 0 Å². The average Bonchev–Trinajstić information content (AvgIpc) is 2.07. The van der Waals surface area contributed by atoms with Crippen molar-refractivity contribution in [2.24, 2.45) is 0 Å². The molecule has 1 heterocycles. The van der Waals surface area contributed by atoms with Crippen LogP contribution in [-0.2, 0) is 0 Å². The largest absolute Gasteiger partial charge is 0.415 e. The van der Waals surface area contributed by atoms with Gasteiger partial charge in [-0.25, -0.2) is 0 Å². The van der Waals surface area contributed by atoms with Crippen LogP contribution in [0.5, 0.6) is 0 Å². The highest BCUT2D eigenvalue weighted by Crippen LogP contribution is 2.21. The summed E-state index contributed by atoms with van der Waals surface area (Å²) < 4.78 is 36.1. The Morgan fingerprint density at radius 3 is 2.71 bits per heavy atom. The summed E-state index contributed by atoms with van der Waals surface area (Å²) >= 11 is 0. The van der Waals surface area contributed by atoms with Crippen molar-refractivity contribution in [3.63, 3.8) is 0 Å². The molecule has 6 heteroatoms. The highest BCUT2D eigenvalue weighted by molar-refractivity contribution is 4.80. The van der Waals surface area contributed by atoms with Gasteiger partial charge in [0.05, 0.1) is 0 Å². The van der Waals surface area contributed by atoms with Gasteiger partial charge >= 0.3 is 6.18 Å². The Morgan fingerprint density at radius 1 is 1.57 bits per heavy atom. The molecule has 1 unspecified atom stereocenters. The Balaban J connectivity index is 2.42. The summed E-state index contributed by atoms with van der Waals surface area (Å²) in [6.07, 6.45) is -6.74. The van der Waals surface area contributed by atoms with Crippen LogP contribution in [0.4, 0.5) is 13.2 Å². The Hall–Kier alpha value is -0.330. The Bertz CT molecular complexity index is 186. The lowest BCUT2D eigenvalue weighted by atomic mass is 10.2. The lowest BCUT2D eigenvalue weighted by Crippen LogP contribution is -2.53. The fourth-order valence-corrected chi connectivity index (χ4v) is 1.48. The lowest BCUT2D eigenvalue weighted by molar-refractivity contribution is -0.209. The summed E-state index contributed by atoms with van der Waals surface area (Å²) in [5.41, 5.74) is 0. The standard InChI is InChI=1S/C8H15F3N2O/c1-6-4-12-2-3-13(6)5-7(14)8(9,10)11/h6-7,12,14H,2-5H2,1H3/t6-,7?/m1/s1. The van der Waals surface area contributed by atoms with E-state index in [1.54, 1.807) is 4.90 Å². The predicted molar refractivity (Wildman–Crippen MR) is 46.0 cm³/mol. The number of β-amino-alcohol motifs (C(OH)–C–C–N with tert-alkyl or cyclic N) is 1. The Labute approximate surface area is 80.9 Å². The molecule has 2 atom stereocenters. The van der Waals surface area contributed by atoms with E-state index in [1.807, 2.05) is 6.92 Å². The number of nitrogens with zero attached hydrogens (tertiary/aromatic N) is 1. The van der Waals surface area contributed by atoms with Crippen molar-refractivity contribution in [2.45, 2.75) is 25.2 Å². The monoisotopic (exact) mass is 212 g/mol. The molecule has 1 rings (SSSR count). The molecule has 3 nitrogen and oxygen atoms in total. The molecule has 2 N–H and O–H groups in total. The highest BCUT2D eigenvalue weighted by atomic mass is 19.4. The van der Waals surface area contributed by atoms with Crippen molar-refractivity contribution in [2.75, 3.05) is 26.2 Å². The molecule has 0 aromatic carbocycles. The van der Waals surface area contributed by atoms with Crippen molar-refractivity contribution in [1.29, 1.82) is 0 Å². The maximum Gasteiger partial charge on any atom is 0.415 e. The van der Waals surface area contributed by atoms with E-state index in [0.717, 1.165) is 0 Å². The zero-order valence-electron chi connectivity index (χ0n) is 8.01. The average molecular weight is 212 g/mol. The Morgan fingerprint density at radius 2 is 2.21 bits per heavy atom. The van der Waals surface area contributed by atoms with Crippen LogP contribution in [-0.4, -0.2) is 54.5 Å². The third-order valence-electron chi connectivity index (χ3n) is 2.42. The normalized spacial score (nSPS) is 27.6. The predicted octanol–water partition coefficient (Wildman–Crippen LogP) is 0.203. The summed E-state index contributed by atoms with van der Waals surface area (Å²) in [5, 5.41) is 11.9. The quantitative estimate of drug-likeness (QED) is 0.686. The van der Waals surface area contributed by atoms with Gasteiger partial charge in [0.2, 0.25) is 0 Å². The SMILES string of the molecule is C[C@@H]1CNCCN1CC(O)C(F)(F)F. The topological polar surface area (TPSA) is 35.5 Å². The van der Waals surface area contributed by atoms with Crippen LogP contribution in [0.1, 0.15) is 6.92 Å². The van der Waals surface area contributed by atoms with Crippen LogP contribution < -0.4 is 5.32 Å². The molecule has 0 aromatic heterocycles. The fraction of sp³-hybridized carbons (Fsp3) is 1.00. The van der Waals surface area contributed by atoms with Gasteiger partial charge < -0.3 is 10.4 Å². The molecule has 0 amide bonds. The van der Waals surface area contributed by atoms with Gasteiger partial charge in [-0.05, 0) is 6.92 Å². The van der Waals surface area contributed by atoms with E-state index in [2.05, 4.69) is 5.32 Å². The van der Waals surface area contributed by atoms with Crippen molar-refractivity contribution in [3.05, 3.63) is 0 Å². The first-order valence-electron chi connectivity index (χ1n) is 4.61. The Kier molecular flexibility index (Phi) is 3.74. The number of hydrogen-bond donors (Lipinski definition) is 2. The number of rotatable bonds is 2. The third kappa shape index (κ3) is 3.11. The molecule has 14 heavy (non-hydrogen) atoms. The molecular weight excluding hydrogens is 197 g/mol.